The van der Waals surface area contributed by atoms with Gasteiger partial charge in [-0.2, -0.15) is 0 Å². The number of carboxylic acids is 1. The molecule has 0 fully saturated rings. The number of amides is 2. The van der Waals surface area contributed by atoms with E-state index < -0.39 is 18.0 Å². The lowest BCUT2D eigenvalue weighted by Gasteiger charge is -2.17. The highest BCUT2D eigenvalue weighted by molar-refractivity contribution is 7.23. The molecule has 9 nitrogen and oxygen atoms in total. The molecular formula is C25H20N4O5S. The van der Waals surface area contributed by atoms with Gasteiger partial charge in [0.1, 0.15) is 11.5 Å². The molecule has 4 N–H and O–H groups in total. The molecule has 3 aromatic carbocycles. The van der Waals surface area contributed by atoms with Crippen molar-refractivity contribution in [2.24, 2.45) is 0 Å². The summed E-state index contributed by atoms with van der Waals surface area (Å²) in [7, 11) is 0. The van der Waals surface area contributed by atoms with Gasteiger partial charge in [0.25, 0.3) is 0 Å². The molecule has 0 radical (unpaired) electrons. The van der Waals surface area contributed by atoms with Gasteiger partial charge in [0.05, 0.1) is 29.1 Å². The van der Waals surface area contributed by atoms with Gasteiger partial charge in [0, 0.05) is 11.8 Å². The predicted octanol–water partition coefficient (Wildman–Crippen LogP) is 4.89. The number of hydrogen-bond acceptors (Lipinski definition) is 6. The van der Waals surface area contributed by atoms with Crippen molar-refractivity contribution in [2.45, 2.75) is 6.04 Å². The van der Waals surface area contributed by atoms with Gasteiger partial charge in [0.2, 0.25) is 0 Å². The van der Waals surface area contributed by atoms with E-state index in [4.69, 9.17) is 4.74 Å². The van der Waals surface area contributed by atoms with E-state index in [2.05, 4.69) is 15.6 Å². The summed E-state index contributed by atoms with van der Waals surface area (Å²) in [6.45, 7) is -0.220. The number of benzene rings is 3. The van der Waals surface area contributed by atoms with Gasteiger partial charge >= 0.3 is 12.0 Å². The van der Waals surface area contributed by atoms with Crippen LogP contribution in [0.4, 0.5) is 10.5 Å². The molecular weight excluding hydrogens is 468 g/mol. The minimum atomic E-state index is -1.04. The monoisotopic (exact) mass is 488 g/mol. The second-order valence-corrected chi connectivity index (χ2v) is 8.68. The first-order valence-corrected chi connectivity index (χ1v) is 11.5. The van der Waals surface area contributed by atoms with Gasteiger partial charge < -0.3 is 25.6 Å². The molecule has 2 amide bonds. The lowest BCUT2D eigenvalue weighted by Crippen LogP contribution is -2.34. The third kappa shape index (κ3) is 4.65. The molecule has 2 aromatic heterocycles. The van der Waals surface area contributed by atoms with E-state index in [1.807, 2.05) is 36.4 Å². The Morgan fingerprint density at radius 2 is 1.77 bits per heavy atom. The molecule has 5 rings (SSSR count). The van der Waals surface area contributed by atoms with E-state index in [0.717, 1.165) is 15.8 Å². The van der Waals surface area contributed by atoms with Crippen LogP contribution in [0.1, 0.15) is 22.1 Å². The standard InChI is InChI=1S/C25H20N4O5S/c30-14-19(15-4-2-1-3-5-15)28-24(33)27-16-6-8-17(9-7-16)34-18-10-11-20-22(12-18)35-25-26-13-21(23(31)32)29(20)25/h1-13,19,30H,14H2,(H,31,32)(H2,27,28,33). The normalized spacial score (nSPS) is 11.9. The molecule has 176 valence electrons. The number of aliphatic hydroxyl groups is 1. The minimum absolute atomic E-state index is 0.112. The number of anilines is 1. The highest BCUT2D eigenvalue weighted by Gasteiger charge is 2.16. The number of ether oxygens (including phenoxy) is 1. The second-order valence-electron chi connectivity index (χ2n) is 7.67. The summed E-state index contributed by atoms with van der Waals surface area (Å²) in [5, 5.41) is 24.5. The molecule has 0 aliphatic rings. The number of urea groups is 1. The van der Waals surface area contributed by atoms with Crippen molar-refractivity contribution in [3.8, 4) is 11.5 Å². The third-order valence-corrected chi connectivity index (χ3v) is 6.38. The largest absolute Gasteiger partial charge is 0.477 e. The number of aliphatic hydroxyl groups excluding tert-OH is 1. The summed E-state index contributed by atoms with van der Waals surface area (Å²) in [4.78, 5) is 28.6. The fourth-order valence-corrected chi connectivity index (χ4v) is 4.73. The lowest BCUT2D eigenvalue weighted by atomic mass is 10.1. The fourth-order valence-electron chi connectivity index (χ4n) is 3.70. The zero-order chi connectivity index (χ0) is 24.4. The molecule has 1 atom stereocenters. The number of hydrogen-bond donors (Lipinski definition) is 4. The van der Waals surface area contributed by atoms with Gasteiger partial charge in [-0.25, -0.2) is 14.6 Å². The number of carbonyl (C=O) groups excluding carboxylic acids is 1. The van der Waals surface area contributed by atoms with Crippen LogP contribution in [0.3, 0.4) is 0 Å². The Bertz CT molecular complexity index is 1510. The first kappa shape index (κ1) is 22.4. The van der Waals surface area contributed by atoms with Crippen LogP contribution in [0, 0.1) is 0 Å². The van der Waals surface area contributed by atoms with Gasteiger partial charge in [-0.05, 0) is 42.0 Å². The van der Waals surface area contributed by atoms with Crippen molar-refractivity contribution >= 4 is 44.2 Å². The fraction of sp³-hybridized carbons (Fsp3) is 0.0800. The number of rotatable bonds is 7. The molecule has 5 aromatic rings. The number of imidazole rings is 1. The zero-order valence-corrected chi connectivity index (χ0v) is 19.0. The Balaban J connectivity index is 1.25. The van der Waals surface area contributed by atoms with Crippen LogP contribution in [-0.2, 0) is 0 Å². The van der Waals surface area contributed by atoms with Crippen LogP contribution in [-0.4, -0.2) is 38.2 Å². The molecule has 0 aliphatic heterocycles. The Hall–Kier alpha value is -4.41. The minimum Gasteiger partial charge on any atom is -0.477 e. The number of nitrogens with one attached hydrogen (secondary N) is 2. The van der Waals surface area contributed by atoms with E-state index in [1.165, 1.54) is 17.5 Å². The summed E-state index contributed by atoms with van der Waals surface area (Å²) in [5.74, 6) is 0.123. The number of carbonyl (C=O) groups is 2. The van der Waals surface area contributed by atoms with Crippen LogP contribution >= 0.6 is 11.3 Å². The number of carboxylic acid groups (broad SMARTS) is 1. The number of thiazole rings is 1. The average Bonchev–Trinajstić information content (AvgIpc) is 3.43. The number of fused-ring (bicyclic) bond motifs is 3. The van der Waals surface area contributed by atoms with Gasteiger partial charge in [-0.1, -0.05) is 41.7 Å². The Labute approximate surface area is 203 Å². The molecule has 0 aliphatic carbocycles. The van der Waals surface area contributed by atoms with Crippen molar-refractivity contribution in [2.75, 3.05) is 11.9 Å². The lowest BCUT2D eigenvalue weighted by molar-refractivity contribution is 0.0690. The second kappa shape index (κ2) is 9.45. The number of aromatic carboxylic acids is 1. The van der Waals surface area contributed by atoms with E-state index >= 15 is 0 Å². The third-order valence-electron chi connectivity index (χ3n) is 5.36. The smallest absolute Gasteiger partial charge is 0.354 e. The van der Waals surface area contributed by atoms with Crippen LogP contribution in [0.5, 0.6) is 11.5 Å². The maximum absolute atomic E-state index is 12.4. The van der Waals surface area contributed by atoms with Crippen molar-refractivity contribution in [1.29, 1.82) is 0 Å². The van der Waals surface area contributed by atoms with Crippen molar-refractivity contribution < 1.29 is 24.5 Å². The molecule has 10 heteroatoms. The number of nitrogens with zero attached hydrogens (tertiary/aromatic N) is 2. The van der Waals surface area contributed by atoms with Gasteiger partial charge in [-0.3, -0.25) is 4.40 Å². The van der Waals surface area contributed by atoms with E-state index in [0.29, 0.717) is 22.1 Å². The summed E-state index contributed by atoms with van der Waals surface area (Å²) in [6.07, 6.45) is 1.35. The average molecular weight is 489 g/mol. The number of aromatic nitrogens is 2. The summed E-state index contributed by atoms with van der Waals surface area (Å²) in [5.41, 5.74) is 2.23. The van der Waals surface area contributed by atoms with Crippen LogP contribution in [0.2, 0.25) is 0 Å². The molecule has 0 bridgehead atoms. The highest BCUT2D eigenvalue weighted by atomic mass is 32.1. The maximum atomic E-state index is 12.4. The Morgan fingerprint density at radius 1 is 1.03 bits per heavy atom. The van der Waals surface area contributed by atoms with Crippen molar-refractivity contribution in [3.63, 3.8) is 0 Å². The molecule has 0 saturated heterocycles. The van der Waals surface area contributed by atoms with Crippen molar-refractivity contribution in [3.05, 3.63) is 90.3 Å². The SMILES string of the molecule is O=C(Nc1ccc(Oc2ccc3c(c2)sc2ncc(C(=O)O)n23)cc1)NC(CO)c1ccccc1. The summed E-state index contributed by atoms with van der Waals surface area (Å²) < 4.78 is 8.39. The molecule has 0 saturated carbocycles. The predicted molar refractivity (Wildman–Crippen MR) is 132 cm³/mol. The highest BCUT2D eigenvalue weighted by Crippen LogP contribution is 2.32. The first-order chi connectivity index (χ1) is 17.0. The Kier molecular flexibility index (Phi) is 6.04. The summed E-state index contributed by atoms with van der Waals surface area (Å²) >= 11 is 1.38. The topological polar surface area (TPSA) is 125 Å². The zero-order valence-electron chi connectivity index (χ0n) is 18.2. The molecule has 1 unspecified atom stereocenters. The van der Waals surface area contributed by atoms with Crippen molar-refractivity contribution in [1.82, 2.24) is 14.7 Å². The molecule has 2 heterocycles. The quantitative estimate of drug-likeness (QED) is 0.258. The molecule has 0 spiro atoms. The summed E-state index contributed by atoms with van der Waals surface area (Å²) in [6, 6.07) is 20.6. The van der Waals surface area contributed by atoms with Crippen LogP contribution < -0.4 is 15.4 Å². The van der Waals surface area contributed by atoms with Gasteiger partial charge in [0.15, 0.2) is 10.7 Å². The molecule has 35 heavy (non-hydrogen) atoms. The van der Waals surface area contributed by atoms with E-state index in [-0.39, 0.29) is 12.3 Å². The van der Waals surface area contributed by atoms with E-state index in [9.17, 15) is 19.8 Å². The van der Waals surface area contributed by atoms with E-state index in [1.54, 1.807) is 40.8 Å². The van der Waals surface area contributed by atoms with Crippen LogP contribution in [0.15, 0.2) is 79.0 Å². The Morgan fingerprint density at radius 3 is 2.49 bits per heavy atom. The maximum Gasteiger partial charge on any atom is 0.354 e. The first-order valence-electron chi connectivity index (χ1n) is 10.7. The van der Waals surface area contributed by atoms with Gasteiger partial charge in [-0.15, -0.1) is 0 Å². The van der Waals surface area contributed by atoms with Crippen LogP contribution in [0.25, 0.3) is 15.2 Å².